The van der Waals surface area contributed by atoms with E-state index < -0.39 is 35.7 Å². The Kier molecular flexibility index (Phi) is 9.05. The zero-order valence-corrected chi connectivity index (χ0v) is 23.0. The van der Waals surface area contributed by atoms with Gasteiger partial charge in [-0.15, -0.1) is 0 Å². The van der Waals surface area contributed by atoms with E-state index in [2.05, 4.69) is 10.3 Å². The Morgan fingerprint density at radius 1 is 1.05 bits per heavy atom. The summed E-state index contributed by atoms with van der Waals surface area (Å²) in [7, 11) is 1.50. The molecular formula is C30H31F3N4O5. The minimum Gasteiger partial charge on any atom is -0.456 e. The van der Waals surface area contributed by atoms with Crippen LogP contribution in [0.1, 0.15) is 27.0 Å². The Morgan fingerprint density at radius 2 is 1.88 bits per heavy atom. The second-order valence-electron chi connectivity index (χ2n) is 10.3. The van der Waals surface area contributed by atoms with Crippen molar-refractivity contribution in [3.8, 4) is 11.5 Å². The van der Waals surface area contributed by atoms with Gasteiger partial charge in [0, 0.05) is 39.5 Å². The van der Waals surface area contributed by atoms with Crippen LogP contribution in [0.5, 0.6) is 11.5 Å². The molecule has 1 N–H and O–H groups in total. The number of carbonyl (C=O) groups excluding carboxylic acids is 2. The number of ether oxygens (including phenoxy) is 3. The van der Waals surface area contributed by atoms with Crippen LogP contribution in [0.3, 0.4) is 0 Å². The summed E-state index contributed by atoms with van der Waals surface area (Å²) < 4.78 is 57.2. The molecule has 0 radical (unpaired) electrons. The number of alkyl halides is 3. The molecule has 3 heterocycles. The molecule has 1 fully saturated rings. The lowest BCUT2D eigenvalue weighted by molar-refractivity contribution is -0.137. The average molecular weight is 585 g/mol. The first-order valence-electron chi connectivity index (χ1n) is 13.5. The SMILES string of the molecule is COCCN1CC(=O)N[C@H]2CN(Cc3cccc(C(F)(F)F)c3)C[C@@H]2OCc2cccc(c2)Oc2cncc(c2)C1=O. The molecule has 222 valence electrons. The maximum atomic E-state index is 13.4. The third-order valence-corrected chi connectivity index (χ3v) is 7.09. The summed E-state index contributed by atoms with van der Waals surface area (Å²) in [5.74, 6) is 0.0938. The van der Waals surface area contributed by atoms with Gasteiger partial charge < -0.3 is 24.4 Å². The molecule has 2 aromatic carbocycles. The third kappa shape index (κ3) is 7.44. The monoisotopic (exact) mass is 584 g/mol. The number of fused-ring (bicyclic) bond motifs is 5. The van der Waals surface area contributed by atoms with Crippen LogP contribution in [0.2, 0.25) is 0 Å². The lowest BCUT2D eigenvalue weighted by Crippen LogP contribution is -2.49. The minimum absolute atomic E-state index is 0.169. The number of amides is 2. The lowest BCUT2D eigenvalue weighted by atomic mass is 10.1. The third-order valence-electron chi connectivity index (χ3n) is 7.09. The van der Waals surface area contributed by atoms with E-state index in [1.807, 2.05) is 23.1 Å². The first-order valence-corrected chi connectivity index (χ1v) is 13.5. The molecule has 0 saturated carbocycles. The van der Waals surface area contributed by atoms with E-state index in [9.17, 15) is 22.8 Å². The highest BCUT2D eigenvalue weighted by molar-refractivity contribution is 5.96. The normalized spacial score (nSPS) is 20.1. The minimum atomic E-state index is -4.44. The predicted molar refractivity (Wildman–Crippen MR) is 146 cm³/mol. The van der Waals surface area contributed by atoms with Crippen LogP contribution in [-0.4, -0.2) is 78.6 Å². The topological polar surface area (TPSA) is 93.2 Å². The van der Waals surface area contributed by atoms with Crippen LogP contribution in [0.4, 0.5) is 13.2 Å². The number of rotatable bonds is 5. The molecule has 4 bridgehead atoms. The molecule has 2 atom stereocenters. The van der Waals surface area contributed by atoms with Crippen LogP contribution in [-0.2, 0) is 33.6 Å². The van der Waals surface area contributed by atoms with E-state index in [1.165, 1.54) is 30.5 Å². The molecule has 9 nitrogen and oxygen atoms in total. The zero-order valence-electron chi connectivity index (χ0n) is 23.0. The first kappa shape index (κ1) is 29.5. The van der Waals surface area contributed by atoms with Crippen molar-refractivity contribution in [3.63, 3.8) is 0 Å². The summed E-state index contributed by atoms with van der Waals surface area (Å²) in [6.07, 6.45) is -1.97. The number of hydrogen-bond acceptors (Lipinski definition) is 7. The second-order valence-corrected chi connectivity index (χ2v) is 10.3. The van der Waals surface area contributed by atoms with Crippen LogP contribution in [0.25, 0.3) is 0 Å². The van der Waals surface area contributed by atoms with Gasteiger partial charge in [-0.2, -0.15) is 13.2 Å². The van der Waals surface area contributed by atoms with Gasteiger partial charge in [0.05, 0.1) is 49.2 Å². The number of methoxy groups -OCH3 is 1. The van der Waals surface area contributed by atoms with Gasteiger partial charge in [0.15, 0.2) is 0 Å². The van der Waals surface area contributed by atoms with Crippen molar-refractivity contribution in [2.75, 3.05) is 39.9 Å². The maximum Gasteiger partial charge on any atom is 0.416 e. The second kappa shape index (κ2) is 12.9. The van der Waals surface area contributed by atoms with Gasteiger partial charge >= 0.3 is 6.18 Å². The Morgan fingerprint density at radius 3 is 2.69 bits per heavy atom. The quantitative estimate of drug-likeness (QED) is 0.487. The van der Waals surface area contributed by atoms with Crippen LogP contribution < -0.4 is 10.1 Å². The number of pyridine rings is 1. The van der Waals surface area contributed by atoms with Crippen molar-refractivity contribution in [2.24, 2.45) is 0 Å². The molecule has 2 aliphatic heterocycles. The number of benzene rings is 2. The molecule has 3 aromatic rings. The highest BCUT2D eigenvalue weighted by Gasteiger charge is 2.36. The van der Waals surface area contributed by atoms with Crippen molar-refractivity contribution in [2.45, 2.75) is 31.5 Å². The Hall–Kier alpha value is -4.00. The van der Waals surface area contributed by atoms with Gasteiger partial charge in [-0.1, -0.05) is 30.3 Å². The van der Waals surface area contributed by atoms with Crippen molar-refractivity contribution in [1.29, 1.82) is 0 Å². The fourth-order valence-corrected chi connectivity index (χ4v) is 5.08. The first-order chi connectivity index (χ1) is 20.2. The Balaban J connectivity index is 1.40. The van der Waals surface area contributed by atoms with Crippen molar-refractivity contribution >= 4 is 11.8 Å². The average Bonchev–Trinajstić information content (AvgIpc) is 3.33. The summed E-state index contributed by atoms with van der Waals surface area (Å²) in [5, 5.41) is 2.99. The van der Waals surface area contributed by atoms with Gasteiger partial charge in [0.1, 0.15) is 11.5 Å². The van der Waals surface area contributed by atoms with Gasteiger partial charge in [-0.3, -0.25) is 19.5 Å². The van der Waals surface area contributed by atoms with Gasteiger partial charge in [-0.05, 0) is 35.4 Å². The summed E-state index contributed by atoms with van der Waals surface area (Å²) in [6, 6.07) is 13.6. The largest absolute Gasteiger partial charge is 0.456 e. The van der Waals surface area contributed by atoms with E-state index in [0.29, 0.717) is 30.2 Å². The van der Waals surface area contributed by atoms with E-state index in [-0.39, 0.29) is 38.4 Å². The van der Waals surface area contributed by atoms with E-state index in [4.69, 9.17) is 14.2 Å². The lowest BCUT2D eigenvalue weighted by Gasteiger charge is -2.25. The Bertz CT molecular complexity index is 1420. The van der Waals surface area contributed by atoms with Gasteiger partial charge in [0.2, 0.25) is 5.91 Å². The molecule has 0 aliphatic carbocycles. The highest BCUT2D eigenvalue weighted by atomic mass is 19.4. The van der Waals surface area contributed by atoms with E-state index in [0.717, 1.165) is 17.7 Å². The molecule has 42 heavy (non-hydrogen) atoms. The van der Waals surface area contributed by atoms with Gasteiger partial charge in [-0.25, -0.2) is 0 Å². The fraction of sp³-hybridized carbons (Fsp3) is 0.367. The summed E-state index contributed by atoms with van der Waals surface area (Å²) in [6.45, 7) is 1.37. The molecule has 2 aliphatic rings. The summed E-state index contributed by atoms with van der Waals surface area (Å²) >= 11 is 0. The summed E-state index contributed by atoms with van der Waals surface area (Å²) in [5.41, 5.74) is 0.879. The van der Waals surface area contributed by atoms with Crippen LogP contribution >= 0.6 is 0 Å². The molecule has 0 unspecified atom stereocenters. The number of likely N-dealkylation sites (tertiary alicyclic amines) is 1. The Labute approximate surface area is 241 Å². The van der Waals surface area contributed by atoms with E-state index >= 15 is 0 Å². The number of nitrogens with one attached hydrogen (secondary N) is 1. The number of aromatic nitrogens is 1. The molecule has 1 saturated heterocycles. The number of nitrogens with zero attached hydrogens (tertiary/aromatic N) is 3. The molecule has 12 heteroatoms. The standard InChI is InChI=1S/C30H31F3N4O5/c1-40-9-8-37-18-28(38)35-26-16-36(15-20-4-2-6-23(10-20)30(31,32)33)17-27(26)41-19-21-5-3-7-24(11-21)42-25-12-22(29(37)39)13-34-14-25/h2-7,10-14,26-27H,8-9,15-19H2,1H3,(H,35,38)/t26-,27-/m0/s1. The molecular weight excluding hydrogens is 553 g/mol. The number of hydrogen-bond donors (Lipinski definition) is 1. The van der Waals surface area contributed by atoms with Crippen LogP contribution in [0, 0.1) is 0 Å². The van der Waals surface area contributed by atoms with E-state index in [1.54, 1.807) is 18.2 Å². The van der Waals surface area contributed by atoms with Gasteiger partial charge in [0.25, 0.3) is 5.91 Å². The predicted octanol–water partition coefficient (Wildman–Crippen LogP) is 3.88. The van der Waals surface area contributed by atoms with Crippen LogP contribution in [0.15, 0.2) is 67.0 Å². The molecule has 0 spiro atoms. The maximum absolute atomic E-state index is 13.4. The highest BCUT2D eigenvalue weighted by Crippen LogP contribution is 2.30. The van der Waals surface area contributed by atoms with Crippen molar-refractivity contribution in [1.82, 2.24) is 20.1 Å². The molecule has 5 rings (SSSR count). The molecule has 2 amide bonds. The molecule has 1 aromatic heterocycles. The smallest absolute Gasteiger partial charge is 0.416 e. The van der Waals surface area contributed by atoms with Crippen molar-refractivity contribution < 1.29 is 37.0 Å². The zero-order chi connectivity index (χ0) is 29.7. The fourth-order valence-electron chi connectivity index (χ4n) is 5.08. The number of halogens is 3. The van der Waals surface area contributed by atoms with Crippen molar-refractivity contribution in [3.05, 3.63) is 89.2 Å². The number of carbonyl (C=O) groups is 2. The summed E-state index contributed by atoms with van der Waals surface area (Å²) in [4.78, 5) is 34.1.